The molecule has 0 atom stereocenters. The van der Waals surface area contributed by atoms with E-state index in [2.05, 4.69) is 10.4 Å². The van der Waals surface area contributed by atoms with Gasteiger partial charge >= 0.3 is 0 Å². The van der Waals surface area contributed by atoms with Crippen LogP contribution in [0.15, 0.2) is 58.1 Å². The molecule has 0 saturated carbocycles. The van der Waals surface area contributed by atoms with Crippen molar-refractivity contribution in [1.82, 2.24) is 9.78 Å². The fraction of sp³-hybridized carbons (Fsp3) is 0.118. The second-order valence-corrected chi connectivity index (χ2v) is 5.29. The van der Waals surface area contributed by atoms with E-state index in [-0.39, 0.29) is 35.7 Å². The number of H-pyrrole nitrogens is 1. The molecule has 1 amide bonds. The number of benzene rings is 2. The number of hydrogen-bond donors (Lipinski definition) is 3. The number of aryl methyl sites for hydroxylation is 1. The minimum absolute atomic E-state index is 0.00381. The molecule has 3 rings (SSSR count). The summed E-state index contributed by atoms with van der Waals surface area (Å²) in [5.74, 6) is -0.288. The van der Waals surface area contributed by atoms with Crippen molar-refractivity contribution in [2.45, 2.75) is 13.0 Å². The van der Waals surface area contributed by atoms with Crippen LogP contribution in [0.5, 0.6) is 5.75 Å². The van der Waals surface area contributed by atoms with Crippen LogP contribution < -0.4 is 16.4 Å². The third-order valence-electron chi connectivity index (χ3n) is 3.58. The molecule has 0 unspecified atom stereocenters. The molecular formula is C17H15N3O4. The number of nitrogens with zero attached hydrogens (tertiary/aromatic N) is 1. The third-order valence-corrected chi connectivity index (χ3v) is 3.58. The van der Waals surface area contributed by atoms with Gasteiger partial charge in [0, 0.05) is 18.2 Å². The zero-order chi connectivity index (χ0) is 17.1. The lowest BCUT2D eigenvalue weighted by molar-refractivity contribution is -0.116. The van der Waals surface area contributed by atoms with E-state index in [4.69, 9.17) is 0 Å². The number of nitrogens with one attached hydrogen (secondary N) is 2. The normalized spacial score (nSPS) is 10.7. The topological polar surface area (TPSA) is 104 Å². The highest BCUT2D eigenvalue weighted by molar-refractivity contribution is 5.90. The Morgan fingerprint density at radius 3 is 2.58 bits per heavy atom. The summed E-state index contributed by atoms with van der Waals surface area (Å²) in [6, 6.07) is 12.7. The Morgan fingerprint density at radius 1 is 1.08 bits per heavy atom. The van der Waals surface area contributed by atoms with Crippen molar-refractivity contribution in [3.8, 4) is 5.75 Å². The number of anilines is 1. The van der Waals surface area contributed by atoms with Crippen molar-refractivity contribution < 1.29 is 9.90 Å². The lowest BCUT2D eigenvalue weighted by atomic mass is 10.2. The number of fused-ring (bicyclic) bond motifs is 1. The van der Waals surface area contributed by atoms with Gasteiger partial charge in [0.25, 0.3) is 11.1 Å². The minimum Gasteiger partial charge on any atom is -0.508 e. The van der Waals surface area contributed by atoms with E-state index in [1.807, 2.05) is 0 Å². The summed E-state index contributed by atoms with van der Waals surface area (Å²) in [6.45, 7) is 0.0452. The Hall–Kier alpha value is -3.35. The number of aromatic hydroxyl groups is 1. The number of carbonyl (C=O) groups is 1. The first-order valence-electron chi connectivity index (χ1n) is 7.35. The molecule has 0 fully saturated rings. The first kappa shape index (κ1) is 15.5. The van der Waals surface area contributed by atoms with Crippen molar-refractivity contribution in [3.05, 3.63) is 69.2 Å². The smallest absolute Gasteiger partial charge is 0.273 e. The molecule has 1 heterocycles. The number of carbonyl (C=O) groups excluding carboxylic acids is 1. The van der Waals surface area contributed by atoms with E-state index in [1.165, 1.54) is 12.1 Å². The second kappa shape index (κ2) is 6.41. The van der Waals surface area contributed by atoms with Crippen LogP contribution in [-0.4, -0.2) is 20.8 Å². The standard InChI is InChI=1S/C17H15N3O4/c21-12-5-3-4-11(10-12)18-15(22)8-9-20-17(24)14-7-2-1-6-13(14)16(23)19-20/h1-7,10,21H,8-9H2,(H,18,22)(H,19,23). The first-order chi connectivity index (χ1) is 11.5. The molecule has 122 valence electrons. The van der Waals surface area contributed by atoms with Crippen LogP contribution in [0.4, 0.5) is 5.69 Å². The monoisotopic (exact) mass is 325 g/mol. The average molecular weight is 325 g/mol. The highest BCUT2D eigenvalue weighted by atomic mass is 16.3. The van der Waals surface area contributed by atoms with Gasteiger partial charge in [-0.25, -0.2) is 4.68 Å². The van der Waals surface area contributed by atoms with Crippen molar-refractivity contribution in [1.29, 1.82) is 0 Å². The van der Waals surface area contributed by atoms with E-state index in [0.717, 1.165) is 4.68 Å². The van der Waals surface area contributed by atoms with E-state index in [9.17, 15) is 19.5 Å². The fourth-order valence-corrected chi connectivity index (χ4v) is 2.42. The van der Waals surface area contributed by atoms with E-state index in [0.29, 0.717) is 16.5 Å². The Bertz CT molecular complexity index is 1020. The summed E-state index contributed by atoms with van der Waals surface area (Å²) >= 11 is 0. The highest BCUT2D eigenvalue weighted by Gasteiger charge is 2.09. The molecule has 2 aromatic carbocycles. The lowest BCUT2D eigenvalue weighted by Crippen LogP contribution is -2.31. The molecule has 0 aliphatic rings. The second-order valence-electron chi connectivity index (χ2n) is 5.29. The van der Waals surface area contributed by atoms with Crippen LogP contribution in [0, 0.1) is 0 Å². The molecule has 0 aliphatic heterocycles. The van der Waals surface area contributed by atoms with Crippen LogP contribution in [0.25, 0.3) is 10.8 Å². The third kappa shape index (κ3) is 3.19. The Kier molecular flexibility index (Phi) is 4.15. The van der Waals surface area contributed by atoms with Gasteiger partial charge in [-0.3, -0.25) is 19.5 Å². The first-order valence-corrected chi connectivity index (χ1v) is 7.35. The van der Waals surface area contributed by atoms with E-state index in [1.54, 1.807) is 36.4 Å². The van der Waals surface area contributed by atoms with Crippen molar-refractivity contribution >= 4 is 22.4 Å². The summed E-state index contributed by atoms with van der Waals surface area (Å²) in [5, 5.41) is 15.1. The molecule has 0 spiro atoms. The molecule has 7 nitrogen and oxygen atoms in total. The van der Waals surface area contributed by atoms with Gasteiger partial charge in [-0.1, -0.05) is 18.2 Å². The van der Waals surface area contributed by atoms with Crippen LogP contribution in [0.3, 0.4) is 0 Å². The average Bonchev–Trinajstić information content (AvgIpc) is 2.57. The van der Waals surface area contributed by atoms with Crippen molar-refractivity contribution in [3.63, 3.8) is 0 Å². The zero-order valence-electron chi connectivity index (χ0n) is 12.7. The Labute approximate surface area is 136 Å². The summed E-state index contributed by atoms with van der Waals surface area (Å²) in [5.41, 5.74) is -0.270. The van der Waals surface area contributed by atoms with Crippen LogP contribution in [0.2, 0.25) is 0 Å². The molecule has 24 heavy (non-hydrogen) atoms. The predicted molar refractivity (Wildman–Crippen MR) is 90.2 cm³/mol. The van der Waals surface area contributed by atoms with Crippen LogP contribution >= 0.6 is 0 Å². The lowest BCUT2D eigenvalue weighted by Gasteiger charge is -2.08. The maximum absolute atomic E-state index is 12.3. The van der Waals surface area contributed by atoms with Gasteiger partial charge < -0.3 is 10.4 Å². The van der Waals surface area contributed by atoms with Gasteiger partial charge in [0.1, 0.15) is 5.75 Å². The molecule has 3 N–H and O–H groups in total. The SMILES string of the molecule is O=C(CCn1[nH]c(=O)c2ccccc2c1=O)Nc1cccc(O)c1. The molecule has 0 radical (unpaired) electrons. The Morgan fingerprint density at radius 2 is 1.83 bits per heavy atom. The molecule has 3 aromatic rings. The van der Waals surface area contributed by atoms with Gasteiger partial charge in [-0.2, -0.15) is 0 Å². The van der Waals surface area contributed by atoms with Crippen LogP contribution in [-0.2, 0) is 11.3 Å². The van der Waals surface area contributed by atoms with Crippen molar-refractivity contribution in [2.75, 3.05) is 5.32 Å². The van der Waals surface area contributed by atoms with Gasteiger partial charge in [-0.15, -0.1) is 0 Å². The predicted octanol–water partition coefficient (Wildman–Crippen LogP) is 1.42. The maximum Gasteiger partial charge on any atom is 0.273 e. The molecule has 0 saturated heterocycles. The van der Waals surface area contributed by atoms with Gasteiger partial charge in [0.05, 0.1) is 17.3 Å². The van der Waals surface area contributed by atoms with Gasteiger partial charge in [0.15, 0.2) is 0 Å². The number of hydrogen-bond acceptors (Lipinski definition) is 4. The van der Waals surface area contributed by atoms with Gasteiger partial charge in [-0.05, 0) is 24.3 Å². The number of aromatic amines is 1. The Balaban J connectivity index is 1.76. The summed E-state index contributed by atoms with van der Waals surface area (Å²) < 4.78 is 1.13. The number of aromatic nitrogens is 2. The van der Waals surface area contributed by atoms with E-state index < -0.39 is 0 Å². The number of phenols is 1. The molecule has 0 bridgehead atoms. The number of phenolic OH excluding ortho intramolecular Hbond substituents is 1. The summed E-state index contributed by atoms with van der Waals surface area (Å²) in [7, 11) is 0. The van der Waals surface area contributed by atoms with Crippen LogP contribution in [0.1, 0.15) is 6.42 Å². The molecule has 1 aromatic heterocycles. The largest absolute Gasteiger partial charge is 0.508 e. The highest BCUT2D eigenvalue weighted by Crippen LogP contribution is 2.15. The fourth-order valence-electron chi connectivity index (χ4n) is 2.42. The minimum atomic E-state index is -0.376. The number of rotatable bonds is 4. The molecule has 7 heteroatoms. The summed E-state index contributed by atoms with van der Waals surface area (Å²) in [6.07, 6.45) is 0.00381. The number of amides is 1. The van der Waals surface area contributed by atoms with Crippen molar-refractivity contribution in [2.24, 2.45) is 0 Å². The zero-order valence-corrected chi connectivity index (χ0v) is 12.7. The maximum atomic E-state index is 12.3. The molecule has 0 aliphatic carbocycles. The molecular weight excluding hydrogens is 310 g/mol. The van der Waals surface area contributed by atoms with Gasteiger partial charge in [0.2, 0.25) is 5.91 Å². The van der Waals surface area contributed by atoms with E-state index >= 15 is 0 Å². The summed E-state index contributed by atoms with van der Waals surface area (Å²) in [4.78, 5) is 36.3. The quantitative estimate of drug-likeness (QED) is 0.675.